The molecule has 0 radical (unpaired) electrons. The van der Waals surface area contributed by atoms with Gasteiger partial charge in [-0.15, -0.1) is 0 Å². The average Bonchev–Trinajstić information content (AvgIpc) is 2.45. The SMILES string of the molecule is C=C(C)C(=O)O[C@H]1[C@H](O)[C@H](O)C(=C(C)C)O[C@]1(O)C(O)=C(C)C. The molecular formula is C16H24O7. The summed E-state index contributed by atoms with van der Waals surface area (Å²) in [6.07, 6.45) is -4.96. The first-order chi connectivity index (χ1) is 10.4. The van der Waals surface area contributed by atoms with E-state index in [1.807, 2.05) is 0 Å². The quantitative estimate of drug-likeness (QED) is 0.348. The number of hydrogen-bond donors (Lipinski definition) is 4. The summed E-state index contributed by atoms with van der Waals surface area (Å²) in [5, 5.41) is 41.4. The molecule has 0 aromatic heterocycles. The third-order valence-electron chi connectivity index (χ3n) is 3.44. The van der Waals surface area contributed by atoms with Gasteiger partial charge in [0.1, 0.15) is 18.0 Å². The first-order valence-electron chi connectivity index (χ1n) is 7.11. The van der Waals surface area contributed by atoms with Gasteiger partial charge in [0.25, 0.3) is 0 Å². The number of rotatable bonds is 3. The third kappa shape index (κ3) is 3.57. The second kappa shape index (κ2) is 6.74. The number of ether oxygens (including phenoxy) is 2. The fraction of sp³-hybridized carbons (Fsp3) is 0.562. The molecule has 1 aliphatic heterocycles. The zero-order chi connectivity index (χ0) is 18.1. The molecule has 0 aromatic rings. The Balaban J connectivity index is 3.43. The number of allylic oxidation sites excluding steroid dienone is 2. The molecule has 23 heavy (non-hydrogen) atoms. The van der Waals surface area contributed by atoms with E-state index in [2.05, 4.69) is 6.58 Å². The van der Waals surface area contributed by atoms with Gasteiger partial charge in [-0.1, -0.05) is 6.58 Å². The highest BCUT2D eigenvalue weighted by atomic mass is 16.7. The maximum Gasteiger partial charge on any atom is 0.333 e. The van der Waals surface area contributed by atoms with Gasteiger partial charge in [0.2, 0.25) is 6.10 Å². The van der Waals surface area contributed by atoms with Crippen LogP contribution in [-0.4, -0.2) is 50.5 Å². The minimum atomic E-state index is -2.52. The highest BCUT2D eigenvalue weighted by Gasteiger charge is 2.58. The monoisotopic (exact) mass is 328 g/mol. The average molecular weight is 328 g/mol. The van der Waals surface area contributed by atoms with Crippen LogP contribution < -0.4 is 0 Å². The summed E-state index contributed by atoms with van der Waals surface area (Å²) in [4.78, 5) is 11.8. The molecule has 130 valence electrons. The molecule has 7 heteroatoms. The Kier molecular flexibility index (Phi) is 5.63. The molecule has 1 saturated heterocycles. The molecule has 1 heterocycles. The van der Waals surface area contributed by atoms with E-state index in [4.69, 9.17) is 9.47 Å². The predicted molar refractivity (Wildman–Crippen MR) is 82.1 cm³/mol. The molecule has 4 atom stereocenters. The molecule has 0 amide bonds. The van der Waals surface area contributed by atoms with Crippen LogP contribution in [0.2, 0.25) is 0 Å². The fourth-order valence-electron chi connectivity index (χ4n) is 2.14. The summed E-state index contributed by atoms with van der Waals surface area (Å²) in [5.41, 5.74) is 0.806. The summed E-state index contributed by atoms with van der Waals surface area (Å²) >= 11 is 0. The molecule has 0 spiro atoms. The molecule has 0 saturated carbocycles. The summed E-state index contributed by atoms with van der Waals surface area (Å²) in [5.74, 6) is -4.13. The number of carbonyl (C=O) groups is 1. The lowest BCUT2D eigenvalue weighted by atomic mass is 9.90. The van der Waals surface area contributed by atoms with Crippen molar-refractivity contribution in [2.45, 2.75) is 58.7 Å². The first kappa shape index (κ1) is 19.2. The van der Waals surface area contributed by atoms with Gasteiger partial charge in [-0.2, -0.15) is 0 Å². The van der Waals surface area contributed by atoms with Gasteiger partial charge >= 0.3 is 11.8 Å². The fourth-order valence-corrected chi connectivity index (χ4v) is 2.14. The Hall–Kier alpha value is -1.83. The summed E-state index contributed by atoms with van der Waals surface area (Å²) in [6.45, 7) is 11.0. The van der Waals surface area contributed by atoms with Crippen LogP contribution in [0.3, 0.4) is 0 Å². The van der Waals surface area contributed by atoms with Gasteiger partial charge in [-0.25, -0.2) is 4.79 Å². The van der Waals surface area contributed by atoms with Crippen molar-refractivity contribution < 1.29 is 34.7 Å². The Bertz CT molecular complexity index is 567. The van der Waals surface area contributed by atoms with Crippen molar-refractivity contribution in [3.63, 3.8) is 0 Å². The highest BCUT2D eigenvalue weighted by Crippen LogP contribution is 2.38. The van der Waals surface area contributed by atoms with Crippen LogP contribution in [0.25, 0.3) is 0 Å². The molecular weight excluding hydrogens is 304 g/mol. The second-order valence-corrected chi connectivity index (χ2v) is 6.05. The largest absolute Gasteiger partial charge is 0.506 e. The standard InChI is InChI=1S/C16H24O7/c1-7(2)12-10(17)11(18)14(22-15(20)9(5)6)16(21,23-12)13(19)8(3)4/h10-11,14,17-19,21H,5H2,1-4,6H3/t10-,11+,14-,16+/m0/s1. The minimum absolute atomic E-state index is 0.0266. The molecule has 0 aliphatic carbocycles. The van der Waals surface area contributed by atoms with Crippen molar-refractivity contribution in [1.82, 2.24) is 0 Å². The van der Waals surface area contributed by atoms with Crippen molar-refractivity contribution in [3.05, 3.63) is 34.8 Å². The Labute approximate surface area is 135 Å². The maximum absolute atomic E-state index is 11.8. The van der Waals surface area contributed by atoms with Crippen LogP contribution in [0.1, 0.15) is 34.6 Å². The van der Waals surface area contributed by atoms with Gasteiger partial charge in [0.05, 0.1) is 0 Å². The molecule has 1 aliphatic rings. The smallest absolute Gasteiger partial charge is 0.333 e. The third-order valence-corrected chi connectivity index (χ3v) is 3.44. The van der Waals surface area contributed by atoms with E-state index in [1.165, 1.54) is 20.8 Å². The Morgan fingerprint density at radius 2 is 1.74 bits per heavy atom. The molecule has 0 bridgehead atoms. The zero-order valence-corrected chi connectivity index (χ0v) is 14.0. The second-order valence-electron chi connectivity index (χ2n) is 6.05. The van der Waals surface area contributed by atoms with E-state index in [-0.39, 0.29) is 11.3 Å². The van der Waals surface area contributed by atoms with E-state index in [0.717, 1.165) is 0 Å². The summed E-state index contributed by atoms with van der Waals surface area (Å²) in [6, 6.07) is 0. The van der Waals surface area contributed by atoms with E-state index in [9.17, 15) is 25.2 Å². The van der Waals surface area contributed by atoms with Crippen molar-refractivity contribution in [2.75, 3.05) is 0 Å². The molecule has 1 rings (SSSR count). The molecule has 4 N–H and O–H groups in total. The molecule has 0 unspecified atom stereocenters. The van der Waals surface area contributed by atoms with Crippen molar-refractivity contribution in [1.29, 1.82) is 0 Å². The molecule has 7 nitrogen and oxygen atoms in total. The van der Waals surface area contributed by atoms with Crippen molar-refractivity contribution in [2.24, 2.45) is 0 Å². The van der Waals surface area contributed by atoms with Gasteiger partial charge < -0.3 is 29.9 Å². The van der Waals surface area contributed by atoms with E-state index < -0.39 is 35.8 Å². The van der Waals surface area contributed by atoms with Gasteiger partial charge in [-0.3, -0.25) is 0 Å². The van der Waals surface area contributed by atoms with Crippen LogP contribution >= 0.6 is 0 Å². The first-order valence-corrected chi connectivity index (χ1v) is 7.11. The molecule has 0 aromatic carbocycles. The summed E-state index contributed by atoms with van der Waals surface area (Å²) < 4.78 is 10.4. The van der Waals surface area contributed by atoms with Crippen LogP contribution in [-0.2, 0) is 14.3 Å². The number of aliphatic hydroxyl groups excluding tert-OH is 3. The Morgan fingerprint density at radius 3 is 2.13 bits per heavy atom. The Morgan fingerprint density at radius 1 is 1.22 bits per heavy atom. The van der Waals surface area contributed by atoms with Crippen LogP contribution in [0.5, 0.6) is 0 Å². The van der Waals surface area contributed by atoms with Gasteiger partial charge in [0, 0.05) is 5.57 Å². The van der Waals surface area contributed by atoms with Gasteiger partial charge in [0.15, 0.2) is 5.76 Å². The van der Waals surface area contributed by atoms with Crippen LogP contribution in [0.15, 0.2) is 34.8 Å². The molecule has 1 fully saturated rings. The lowest BCUT2D eigenvalue weighted by Gasteiger charge is -2.44. The van der Waals surface area contributed by atoms with Crippen LogP contribution in [0, 0.1) is 0 Å². The minimum Gasteiger partial charge on any atom is -0.506 e. The lowest BCUT2D eigenvalue weighted by molar-refractivity contribution is -0.292. The normalized spacial score (nSPS) is 30.3. The van der Waals surface area contributed by atoms with Crippen molar-refractivity contribution in [3.8, 4) is 0 Å². The topological polar surface area (TPSA) is 116 Å². The van der Waals surface area contributed by atoms with Gasteiger partial charge in [-0.05, 0) is 45.8 Å². The number of carbonyl (C=O) groups excluding carboxylic acids is 1. The van der Waals surface area contributed by atoms with E-state index in [1.54, 1.807) is 13.8 Å². The number of aliphatic hydroxyl groups is 4. The predicted octanol–water partition coefficient (Wildman–Crippen LogP) is 1.06. The zero-order valence-electron chi connectivity index (χ0n) is 14.0. The summed E-state index contributed by atoms with van der Waals surface area (Å²) in [7, 11) is 0. The number of esters is 1. The van der Waals surface area contributed by atoms with Crippen molar-refractivity contribution >= 4 is 5.97 Å². The highest BCUT2D eigenvalue weighted by molar-refractivity contribution is 5.87. The number of hydrogen-bond acceptors (Lipinski definition) is 7. The van der Waals surface area contributed by atoms with E-state index >= 15 is 0 Å². The van der Waals surface area contributed by atoms with E-state index in [0.29, 0.717) is 11.1 Å². The lowest BCUT2D eigenvalue weighted by Crippen LogP contribution is -2.62. The maximum atomic E-state index is 11.8. The van der Waals surface area contributed by atoms with Crippen LogP contribution in [0.4, 0.5) is 0 Å².